The van der Waals surface area contributed by atoms with Crippen molar-refractivity contribution in [1.29, 1.82) is 0 Å². The van der Waals surface area contributed by atoms with Crippen molar-refractivity contribution in [3.63, 3.8) is 0 Å². The molecule has 0 saturated carbocycles. The zero-order valence-electron chi connectivity index (χ0n) is 12.2. The normalized spacial score (nSPS) is 10.9. The van der Waals surface area contributed by atoms with Crippen LogP contribution in [0.4, 0.5) is 9.52 Å². The number of thiazole rings is 1. The highest BCUT2D eigenvalue weighted by Crippen LogP contribution is 2.22. The Kier molecular flexibility index (Phi) is 5.96. The van der Waals surface area contributed by atoms with Crippen LogP contribution < -0.4 is 10.2 Å². The summed E-state index contributed by atoms with van der Waals surface area (Å²) in [5.41, 5.74) is 0.967. The van der Waals surface area contributed by atoms with Gasteiger partial charge in [0.05, 0.1) is 5.02 Å². The van der Waals surface area contributed by atoms with Gasteiger partial charge in [-0.1, -0.05) is 17.7 Å². The van der Waals surface area contributed by atoms with Crippen LogP contribution >= 0.6 is 22.9 Å². The van der Waals surface area contributed by atoms with E-state index in [9.17, 15) is 4.39 Å². The molecule has 0 fully saturated rings. The lowest BCUT2D eigenvalue weighted by molar-refractivity contribution is 0.625. The topological polar surface area (TPSA) is 28.2 Å². The molecule has 0 amide bonds. The monoisotopic (exact) mass is 327 g/mol. The van der Waals surface area contributed by atoms with Gasteiger partial charge in [-0.15, -0.1) is 11.3 Å². The third-order valence-electron chi connectivity index (χ3n) is 3.19. The predicted molar refractivity (Wildman–Crippen MR) is 87.6 cm³/mol. The molecule has 0 unspecified atom stereocenters. The van der Waals surface area contributed by atoms with Gasteiger partial charge in [0.25, 0.3) is 0 Å². The van der Waals surface area contributed by atoms with Gasteiger partial charge in [-0.3, -0.25) is 0 Å². The molecule has 0 radical (unpaired) electrons. The molecule has 0 saturated heterocycles. The quantitative estimate of drug-likeness (QED) is 0.830. The number of anilines is 1. The van der Waals surface area contributed by atoms with Gasteiger partial charge in [-0.2, -0.15) is 0 Å². The highest BCUT2D eigenvalue weighted by Gasteiger charge is 2.07. The van der Waals surface area contributed by atoms with Crippen LogP contribution in [0.2, 0.25) is 5.02 Å². The third-order valence-corrected chi connectivity index (χ3v) is 4.54. The summed E-state index contributed by atoms with van der Waals surface area (Å²) in [6, 6.07) is 4.78. The van der Waals surface area contributed by atoms with Crippen molar-refractivity contribution >= 4 is 28.1 Å². The van der Waals surface area contributed by atoms with Gasteiger partial charge in [0.2, 0.25) is 0 Å². The lowest BCUT2D eigenvalue weighted by Crippen LogP contribution is -2.21. The van der Waals surface area contributed by atoms with Crippen molar-refractivity contribution in [3.8, 4) is 0 Å². The molecular weight excluding hydrogens is 309 g/mol. The second-order valence-electron chi connectivity index (χ2n) is 4.63. The fourth-order valence-corrected chi connectivity index (χ4v) is 3.21. The molecule has 3 nitrogen and oxygen atoms in total. The van der Waals surface area contributed by atoms with E-state index in [4.69, 9.17) is 11.6 Å². The maximum Gasteiger partial charge on any atom is 0.185 e. The molecular formula is C15H19ClFN3S. The molecule has 0 bridgehead atoms. The van der Waals surface area contributed by atoms with E-state index in [0.717, 1.165) is 30.3 Å². The fourth-order valence-electron chi connectivity index (χ4n) is 2.00. The molecule has 21 heavy (non-hydrogen) atoms. The zero-order valence-corrected chi connectivity index (χ0v) is 13.8. The third kappa shape index (κ3) is 4.40. The minimum absolute atomic E-state index is 0.163. The lowest BCUT2D eigenvalue weighted by atomic mass is 10.2. The van der Waals surface area contributed by atoms with Crippen molar-refractivity contribution in [2.24, 2.45) is 0 Å². The highest BCUT2D eigenvalue weighted by atomic mass is 35.5. The maximum absolute atomic E-state index is 13.1. The second-order valence-corrected chi connectivity index (χ2v) is 6.13. The zero-order chi connectivity index (χ0) is 15.2. The number of halogens is 2. The SMILES string of the molecule is CCN(CC)c1ncc(CNCc2ccc(F)c(Cl)c2)s1. The molecule has 1 heterocycles. The first kappa shape index (κ1) is 16.2. The molecule has 0 aliphatic carbocycles. The number of rotatable bonds is 7. The number of nitrogens with one attached hydrogen (secondary N) is 1. The van der Waals surface area contributed by atoms with Crippen LogP contribution in [0.15, 0.2) is 24.4 Å². The lowest BCUT2D eigenvalue weighted by Gasteiger charge is -2.16. The van der Waals surface area contributed by atoms with Gasteiger partial charge < -0.3 is 10.2 Å². The van der Waals surface area contributed by atoms with Gasteiger partial charge in [0.1, 0.15) is 5.82 Å². The molecule has 114 valence electrons. The number of nitrogens with zero attached hydrogens (tertiary/aromatic N) is 2. The van der Waals surface area contributed by atoms with Crippen LogP contribution in [0.3, 0.4) is 0 Å². The first-order valence-corrected chi connectivity index (χ1v) is 8.17. The first-order valence-electron chi connectivity index (χ1n) is 6.98. The van der Waals surface area contributed by atoms with Crippen molar-refractivity contribution in [2.45, 2.75) is 26.9 Å². The second kappa shape index (κ2) is 7.73. The van der Waals surface area contributed by atoms with E-state index in [-0.39, 0.29) is 10.8 Å². The summed E-state index contributed by atoms with van der Waals surface area (Å²) in [5, 5.41) is 4.54. The standard InChI is InChI=1S/C15H19ClFN3S/c1-3-20(4-2)15-19-10-12(21-15)9-18-8-11-5-6-14(17)13(16)7-11/h5-7,10,18H,3-4,8-9H2,1-2H3. The minimum atomic E-state index is -0.383. The average molecular weight is 328 g/mol. The van der Waals surface area contributed by atoms with Gasteiger partial charge >= 0.3 is 0 Å². The van der Waals surface area contributed by atoms with Crippen molar-refractivity contribution in [1.82, 2.24) is 10.3 Å². The van der Waals surface area contributed by atoms with Crippen LogP contribution in [-0.4, -0.2) is 18.1 Å². The van der Waals surface area contributed by atoms with Gasteiger partial charge in [0.15, 0.2) is 5.13 Å². The van der Waals surface area contributed by atoms with Crippen LogP contribution in [0.1, 0.15) is 24.3 Å². The Morgan fingerprint density at radius 2 is 2.05 bits per heavy atom. The summed E-state index contributed by atoms with van der Waals surface area (Å²) in [7, 11) is 0. The molecule has 2 aromatic rings. The Bertz CT molecular complexity index is 584. The summed E-state index contributed by atoms with van der Waals surface area (Å²) in [6.45, 7) is 7.57. The van der Waals surface area contributed by atoms with E-state index in [1.165, 1.54) is 10.9 Å². The molecule has 2 rings (SSSR count). The Hall–Kier alpha value is -1.17. The maximum atomic E-state index is 13.1. The van der Waals surface area contributed by atoms with Crippen molar-refractivity contribution in [2.75, 3.05) is 18.0 Å². The first-order chi connectivity index (χ1) is 10.1. The highest BCUT2D eigenvalue weighted by molar-refractivity contribution is 7.15. The molecule has 0 aliphatic heterocycles. The van der Waals surface area contributed by atoms with Gasteiger partial charge in [0, 0.05) is 37.3 Å². The number of benzene rings is 1. The van der Waals surface area contributed by atoms with E-state index in [2.05, 4.69) is 29.0 Å². The molecule has 0 atom stereocenters. The molecule has 1 aromatic carbocycles. The van der Waals surface area contributed by atoms with Crippen molar-refractivity contribution < 1.29 is 4.39 Å². The summed E-state index contributed by atoms with van der Waals surface area (Å²) in [6.07, 6.45) is 1.91. The number of hydrogen-bond acceptors (Lipinski definition) is 4. The minimum Gasteiger partial charge on any atom is -0.349 e. The van der Waals surface area contributed by atoms with Crippen LogP contribution in [-0.2, 0) is 13.1 Å². The van der Waals surface area contributed by atoms with Crippen LogP contribution in [0, 0.1) is 5.82 Å². The Morgan fingerprint density at radius 1 is 1.29 bits per heavy atom. The Balaban J connectivity index is 1.87. The van der Waals surface area contributed by atoms with Crippen molar-refractivity contribution in [3.05, 3.63) is 45.7 Å². The Labute approximate surface area is 133 Å². The van der Waals surface area contributed by atoms with Crippen LogP contribution in [0.5, 0.6) is 0 Å². The molecule has 0 aliphatic rings. The molecule has 0 spiro atoms. The summed E-state index contributed by atoms with van der Waals surface area (Å²) >= 11 is 7.46. The van der Waals surface area contributed by atoms with E-state index in [1.807, 2.05) is 6.20 Å². The van der Waals surface area contributed by atoms with E-state index in [1.54, 1.807) is 23.5 Å². The van der Waals surface area contributed by atoms with E-state index in [0.29, 0.717) is 6.54 Å². The van der Waals surface area contributed by atoms with Gasteiger partial charge in [-0.25, -0.2) is 9.37 Å². The number of aromatic nitrogens is 1. The smallest absolute Gasteiger partial charge is 0.185 e. The van der Waals surface area contributed by atoms with Crippen LogP contribution in [0.25, 0.3) is 0 Å². The molecule has 1 aromatic heterocycles. The summed E-state index contributed by atoms with van der Waals surface area (Å²) in [4.78, 5) is 7.86. The molecule has 1 N–H and O–H groups in total. The average Bonchev–Trinajstić information content (AvgIpc) is 2.93. The largest absolute Gasteiger partial charge is 0.349 e. The predicted octanol–water partition coefficient (Wildman–Crippen LogP) is 4.07. The van der Waals surface area contributed by atoms with Gasteiger partial charge in [-0.05, 0) is 31.5 Å². The van der Waals surface area contributed by atoms with E-state index >= 15 is 0 Å². The number of hydrogen-bond donors (Lipinski definition) is 1. The van der Waals surface area contributed by atoms with E-state index < -0.39 is 0 Å². The summed E-state index contributed by atoms with van der Waals surface area (Å²) < 4.78 is 13.1. The fraction of sp³-hybridized carbons (Fsp3) is 0.400. The molecule has 6 heteroatoms. The summed E-state index contributed by atoms with van der Waals surface area (Å²) in [5.74, 6) is -0.383. The Morgan fingerprint density at radius 3 is 2.71 bits per heavy atom.